The molecule has 1 aromatic rings. The van der Waals surface area contributed by atoms with Crippen molar-refractivity contribution >= 4 is 6.09 Å². The van der Waals surface area contributed by atoms with Crippen molar-refractivity contribution in [2.75, 3.05) is 13.1 Å². The molecule has 1 aliphatic heterocycles. The molecular formula is C14H17NO2. The zero-order chi connectivity index (χ0) is 11.7. The Morgan fingerprint density at radius 2 is 1.76 bits per heavy atom. The summed E-state index contributed by atoms with van der Waals surface area (Å²) in [5.41, 5.74) is 1.37. The third-order valence-corrected chi connectivity index (χ3v) is 3.50. The van der Waals surface area contributed by atoms with Crippen LogP contribution in [0.5, 0.6) is 5.75 Å². The van der Waals surface area contributed by atoms with Crippen LogP contribution in [-0.2, 0) is 0 Å². The van der Waals surface area contributed by atoms with Gasteiger partial charge in [0, 0.05) is 13.1 Å². The van der Waals surface area contributed by atoms with E-state index in [1.54, 1.807) is 4.90 Å². The highest BCUT2D eigenvalue weighted by atomic mass is 16.6. The predicted octanol–water partition coefficient (Wildman–Crippen LogP) is 3.16. The molecule has 3 rings (SSSR count). The van der Waals surface area contributed by atoms with E-state index in [1.165, 1.54) is 18.4 Å². The van der Waals surface area contributed by atoms with Crippen LogP contribution in [-0.4, -0.2) is 24.1 Å². The maximum absolute atomic E-state index is 11.7. The van der Waals surface area contributed by atoms with Crippen molar-refractivity contribution in [3.8, 4) is 5.75 Å². The first-order valence-electron chi connectivity index (χ1n) is 6.39. The molecule has 1 amide bonds. The quantitative estimate of drug-likeness (QED) is 0.782. The lowest BCUT2D eigenvalue weighted by molar-refractivity contribution is 0.163. The molecule has 0 unspecified atom stereocenters. The van der Waals surface area contributed by atoms with Gasteiger partial charge in [-0.2, -0.15) is 0 Å². The van der Waals surface area contributed by atoms with E-state index in [0.29, 0.717) is 5.75 Å². The number of hydrogen-bond acceptors (Lipinski definition) is 2. The van der Waals surface area contributed by atoms with Gasteiger partial charge in [0.25, 0.3) is 0 Å². The molecule has 1 aliphatic carbocycles. The van der Waals surface area contributed by atoms with Gasteiger partial charge in [0.2, 0.25) is 0 Å². The average molecular weight is 231 g/mol. The Kier molecular flexibility index (Phi) is 2.75. The van der Waals surface area contributed by atoms with Crippen molar-refractivity contribution < 1.29 is 9.53 Å². The van der Waals surface area contributed by atoms with E-state index >= 15 is 0 Å². The molecule has 2 fully saturated rings. The SMILES string of the molecule is O=C(Oc1ccc(C2CC2)cc1)N1CCCC1. The minimum atomic E-state index is -0.207. The van der Waals surface area contributed by atoms with E-state index in [4.69, 9.17) is 4.74 Å². The maximum atomic E-state index is 11.7. The second-order valence-electron chi connectivity index (χ2n) is 4.91. The van der Waals surface area contributed by atoms with Crippen LogP contribution in [0.25, 0.3) is 0 Å². The van der Waals surface area contributed by atoms with E-state index in [0.717, 1.165) is 31.8 Å². The van der Waals surface area contributed by atoms with Crippen molar-refractivity contribution in [2.24, 2.45) is 0 Å². The molecule has 0 aromatic heterocycles. The second-order valence-corrected chi connectivity index (χ2v) is 4.91. The molecule has 1 heterocycles. The van der Waals surface area contributed by atoms with Crippen molar-refractivity contribution in [2.45, 2.75) is 31.6 Å². The summed E-state index contributed by atoms with van der Waals surface area (Å²) in [7, 11) is 0. The minimum absolute atomic E-state index is 0.207. The van der Waals surface area contributed by atoms with Crippen LogP contribution >= 0.6 is 0 Å². The number of benzene rings is 1. The lowest BCUT2D eigenvalue weighted by Gasteiger charge is -2.14. The van der Waals surface area contributed by atoms with Crippen LogP contribution in [0.1, 0.15) is 37.2 Å². The fourth-order valence-electron chi connectivity index (χ4n) is 2.29. The predicted molar refractivity (Wildman–Crippen MR) is 65.2 cm³/mol. The molecule has 0 bridgehead atoms. The lowest BCUT2D eigenvalue weighted by atomic mass is 10.1. The molecule has 0 atom stereocenters. The van der Waals surface area contributed by atoms with Gasteiger partial charge < -0.3 is 9.64 Å². The molecule has 2 aliphatic rings. The maximum Gasteiger partial charge on any atom is 0.415 e. The number of carbonyl (C=O) groups excluding carboxylic acids is 1. The molecule has 1 saturated carbocycles. The summed E-state index contributed by atoms with van der Waals surface area (Å²) in [6.45, 7) is 1.66. The molecular weight excluding hydrogens is 214 g/mol. The topological polar surface area (TPSA) is 29.5 Å². The highest BCUT2D eigenvalue weighted by Crippen LogP contribution is 2.40. The van der Waals surface area contributed by atoms with Crippen LogP contribution in [0.15, 0.2) is 24.3 Å². The summed E-state index contributed by atoms with van der Waals surface area (Å²) >= 11 is 0. The smallest absolute Gasteiger partial charge is 0.410 e. The summed E-state index contributed by atoms with van der Waals surface area (Å²) in [4.78, 5) is 13.5. The Bertz CT molecular complexity index is 403. The van der Waals surface area contributed by atoms with Gasteiger partial charge >= 0.3 is 6.09 Å². The normalized spacial score (nSPS) is 19.4. The van der Waals surface area contributed by atoms with E-state index in [9.17, 15) is 4.79 Å². The minimum Gasteiger partial charge on any atom is -0.410 e. The van der Waals surface area contributed by atoms with Crippen LogP contribution in [0, 0.1) is 0 Å². The largest absolute Gasteiger partial charge is 0.415 e. The second kappa shape index (κ2) is 4.40. The van der Waals surface area contributed by atoms with Crippen LogP contribution in [0.4, 0.5) is 4.79 Å². The number of nitrogens with zero attached hydrogens (tertiary/aromatic N) is 1. The van der Waals surface area contributed by atoms with Crippen LogP contribution in [0.2, 0.25) is 0 Å². The van der Waals surface area contributed by atoms with Gasteiger partial charge in [0.05, 0.1) is 0 Å². The molecule has 1 saturated heterocycles. The van der Waals surface area contributed by atoms with E-state index in [-0.39, 0.29) is 6.09 Å². The van der Waals surface area contributed by atoms with Crippen molar-refractivity contribution in [1.29, 1.82) is 0 Å². The van der Waals surface area contributed by atoms with Gasteiger partial charge in [0.1, 0.15) is 5.75 Å². The first-order chi connectivity index (χ1) is 8.33. The van der Waals surface area contributed by atoms with E-state index in [2.05, 4.69) is 12.1 Å². The molecule has 0 radical (unpaired) electrons. The summed E-state index contributed by atoms with van der Waals surface area (Å²) in [5.74, 6) is 1.41. The third kappa shape index (κ3) is 2.43. The number of hydrogen-bond donors (Lipinski definition) is 0. The van der Waals surface area contributed by atoms with Gasteiger partial charge in [-0.05, 0) is 49.3 Å². The van der Waals surface area contributed by atoms with E-state index < -0.39 is 0 Å². The van der Waals surface area contributed by atoms with Gasteiger partial charge in [-0.15, -0.1) is 0 Å². The molecule has 0 spiro atoms. The Hall–Kier alpha value is -1.51. The Morgan fingerprint density at radius 3 is 2.35 bits per heavy atom. The first-order valence-corrected chi connectivity index (χ1v) is 6.39. The lowest BCUT2D eigenvalue weighted by Crippen LogP contribution is -2.30. The number of carbonyl (C=O) groups is 1. The monoisotopic (exact) mass is 231 g/mol. The zero-order valence-electron chi connectivity index (χ0n) is 9.89. The zero-order valence-corrected chi connectivity index (χ0v) is 9.89. The Balaban J connectivity index is 1.61. The molecule has 3 nitrogen and oxygen atoms in total. The molecule has 90 valence electrons. The fourth-order valence-corrected chi connectivity index (χ4v) is 2.29. The van der Waals surface area contributed by atoms with E-state index in [1.807, 2.05) is 12.1 Å². The van der Waals surface area contributed by atoms with Gasteiger partial charge in [-0.3, -0.25) is 0 Å². The average Bonchev–Trinajstić information content (AvgIpc) is 3.05. The highest BCUT2D eigenvalue weighted by molar-refractivity contribution is 5.70. The van der Waals surface area contributed by atoms with Crippen molar-refractivity contribution in [3.63, 3.8) is 0 Å². The van der Waals surface area contributed by atoms with Gasteiger partial charge in [-0.25, -0.2) is 4.79 Å². The van der Waals surface area contributed by atoms with Crippen LogP contribution in [0.3, 0.4) is 0 Å². The summed E-state index contributed by atoms with van der Waals surface area (Å²) < 4.78 is 5.34. The standard InChI is InChI=1S/C14H17NO2/c16-14(15-9-1-2-10-15)17-13-7-5-12(6-8-13)11-3-4-11/h5-8,11H,1-4,9-10H2. The summed E-state index contributed by atoms with van der Waals surface area (Å²) in [5, 5.41) is 0. The number of likely N-dealkylation sites (tertiary alicyclic amines) is 1. The molecule has 0 N–H and O–H groups in total. The number of amides is 1. The Labute approximate surface area is 101 Å². The highest BCUT2D eigenvalue weighted by Gasteiger charge is 2.23. The van der Waals surface area contributed by atoms with Crippen LogP contribution < -0.4 is 4.74 Å². The summed E-state index contributed by atoms with van der Waals surface area (Å²) in [6.07, 6.45) is 4.58. The third-order valence-electron chi connectivity index (χ3n) is 3.50. The molecule has 17 heavy (non-hydrogen) atoms. The molecule has 1 aromatic carbocycles. The van der Waals surface area contributed by atoms with Gasteiger partial charge in [-0.1, -0.05) is 12.1 Å². The first kappa shape index (κ1) is 10.6. The van der Waals surface area contributed by atoms with Crippen molar-refractivity contribution in [3.05, 3.63) is 29.8 Å². The Morgan fingerprint density at radius 1 is 1.12 bits per heavy atom. The summed E-state index contributed by atoms with van der Waals surface area (Å²) in [6, 6.07) is 7.96. The van der Waals surface area contributed by atoms with Crippen molar-refractivity contribution in [1.82, 2.24) is 4.90 Å². The molecule has 3 heteroatoms. The number of ether oxygens (including phenoxy) is 1. The van der Waals surface area contributed by atoms with Gasteiger partial charge in [0.15, 0.2) is 0 Å². The number of rotatable bonds is 2. The fraction of sp³-hybridized carbons (Fsp3) is 0.500.